The highest BCUT2D eigenvalue weighted by Crippen LogP contribution is 2.30. The molecule has 0 aliphatic rings. The molecule has 0 fully saturated rings. The topological polar surface area (TPSA) is 38.9 Å². The molecule has 4 heteroatoms. The first-order valence-electron chi connectivity index (χ1n) is 4.11. The summed E-state index contributed by atoms with van der Waals surface area (Å²) < 4.78 is 0.998. The Labute approximate surface area is 101 Å². The van der Waals surface area contributed by atoms with Gasteiger partial charge in [0, 0.05) is 5.39 Å². The molecule has 0 bridgehead atoms. The summed E-state index contributed by atoms with van der Waals surface area (Å²) in [6.45, 7) is 1.93. The number of hydrogen-bond acceptors (Lipinski definition) is 2. The third kappa shape index (κ3) is 1.44. The van der Waals surface area contributed by atoms with Crippen molar-refractivity contribution in [1.29, 1.82) is 0 Å². The van der Waals surface area contributed by atoms with Gasteiger partial charge in [-0.15, -0.1) is 0 Å². The number of hydrogen-bond donors (Lipinski definition) is 1. The van der Waals surface area contributed by atoms with E-state index in [1.54, 1.807) is 0 Å². The number of aryl methyl sites for hydroxylation is 1. The van der Waals surface area contributed by atoms with E-state index in [4.69, 9.17) is 17.3 Å². The summed E-state index contributed by atoms with van der Waals surface area (Å²) in [5, 5.41) is 1.57. The molecule has 0 radical (unpaired) electrons. The fourth-order valence-corrected chi connectivity index (χ4v) is 2.00. The molecule has 72 valence electrons. The molecule has 2 N–H and O–H groups in total. The third-order valence-electron chi connectivity index (χ3n) is 2.11. The van der Waals surface area contributed by atoms with Gasteiger partial charge in [-0.1, -0.05) is 23.7 Å². The van der Waals surface area contributed by atoms with Crippen LogP contribution in [0.4, 0.5) is 5.69 Å². The average molecular weight is 319 g/mol. The molecular formula is C10H8ClIN2. The number of nitrogens with two attached hydrogens (primary N) is 1. The van der Waals surface area contributed by atoms with E-state index in [-0.39, 0.29) is 0 Å². The lowest BCUT2D eigenvalue weighted by molar-refractivity contribution is 1.23. The zero-order chi connectivity index (χ0) is 10.3. The van der Waals surface area contributed by atoms with Gasteiger partial charge < -0.3 is 5.73 Å². The molecule has 2 nitrogen and oxygen atoms in total. The van der Waals surface area contributed by atoms with Gasteiger partial charge in [-0.3, -0.25) is 4.98 Å². The monoisotopic (exact) mass is 318 g/mol. The number of fused-ring (bicyclic) bond motifs is 1. The number of pyridine rings is 1. The predicted molar refractivity (Wildman–Crippen MR) is 68.6 cm³/mol. The zero-order valence-electron chi connectivity index (χ0n) is 7.51. The highest BCUT2D eigenvalue weighted by molar-refractivity contribution is 14.1. The van der Waals surface area contributed by atoms with Crippen LogP contribution in [-0.2, 0) is 0 Å². The van der Waals surface area contributed by atoms with Gasteiger partial charge in [0.15, 0.2) is 0 Å². The average Bonchev–Trinajstić information content (AvgIpc) is 2.17. The van der Waals surface area contributed by atoms with Crippen molar-refractivity contribution in [3.63, 3.8) is 0 Å². The molecule has 0 aliphatic carbocycles. The minimum Gasteiger partial charge on any atom is -0.397 e. The Balaban J connectivity index is 2.98. The van der Waals surface area contributed by atoms with Gasteiger partial charge in [0.1, 0.15) is 0 Å². The van der Waals surface area contributed by atoms with Crippen LogP contribution in [0.3, 0.4) is 0 Å². The molecule has 0 unspecified atom stereocenters. The Hall–Kier alpha value is -0.550. The molecular weight excluding hydrogens is 310 g/mol. The quantitative estimate of drug-likeness (QED) is 0.756. The number of nitrogens with zero attached hydrogens (tertiary/aromatic N) is 1. The van der Waals surface area contributed by atoms with Crippen molar-refractivity contribution in [2.45, 2.75) is 6.92 Å². The molecule has 0 atom stereocenters. The SMILES string of the molecule is Cc1nc2c(Cl)cccc2c(N)c1I. The number of nitrogen functional groups attached to an aromatic ring is 1. The van der Waals surface area contributed by atoms with E-state index < -0.39 is 0 Å². The molecule has 0 aliphatic heterocycles. The number of aromatic nitrogens is 1. The molecule has 0 spiro atoms. The van der Waals surface area contributed by atoms with Crippen molar-refractivity contribution < 1.29 is 0 Å². The van der Waals surface area contributed by atoms with E-state index in [1.807, 2.05) is 25.1 Å². The van der Waals surface area contributed by atoms with Crippen molar-refractivity contribution in [3.8, 4) is 0 Å². The maximum Gasteiger partial charge on any atom is 0.0912 e. The lowest BCUT2D eigenvalue weighted by Crippen LogP contribution is -1.97. The fraction of sp³-hybridized carbons (Fsp3) is 0.100. The van der Waals surface area contributed by atoms with Gasteiger partial charge in [-0.05, 0) is 35.6 Å². The number of benzene rings is 1. The molecule has 14 heavy (non-hydrogen) atoms. The number of rotatable bonds is 0. The fourth-order valence-electron chi connectivity index (χ4n) is 1.38. The van der Waals surface area contributed by atoms with Crippen molar-refractivity contribution >= 4 is 50.8 Å². The smallest absolute Gasteiger partial charge is 0.0912 e. The predicted octanol–water partition coefficient (Wildman–Crippen LogP) is 3.38. The summed E-state index contributed by atoms with van der Waals surface area (Å²) in [5.41, 5.74) is 8.44. The molecule has 1 aromatic heterocycles. The van der Waals surface area contributed by atoms with E-state index in [9.17, 15) is 0 Å². The first-order valence-corrected chi connectivity index (χ1v) is 5.56. The third-order valence-corrected chi connectivity index (χ3v) is 3.78. The van der Waals surface area contributed by atoms with Gasteiger partial charge >= 0.3 is 0 Å². The maximum absolute atomic E-state index is 6.03. The lowest BCUT2D eigenvalue weighted by atomic mass is 10.1. The van der Waals surface area contributed by atoms with Gasteiger partial charge in [-0.25, -0.2) is 0 Å². The molecule has 2 aromatic rings. The maximum atomic E-state index is 6.03. The van der Waals surface area contributed by atoms with E-state index in [1.165, 1.54) is 0 Å². The summed E-state index contributed by atoms with van der Waals surface area (Å²) in [5.74, 6) is 0. The van der Waals surface area contributed by atoms with Crippen molar-refractivity contribution in [2.24, 2.45) is 0 Å². The normalized spacial score (nSPS) is 10.8. The van der Waals surface area contributed by atoms with Crippen molar-refractivity contribution in [2.75, 3.05) is 5.73 Å². The van der Waals surface area contributed by atoms with E-state index in [0.29, 0.717) is 5.02 Å². The first-order chi connectivity index (χ1) is 6.61. The van der Waals surface area contributed by atoms with Gasteiger partial charge in [0.25, 0.3) is 0 Å². The van der Waals surface area contributed by atoms with Crippen molar-refractivity contribution in [1.82, 2.24) is 4.98 Å². The Morgan fingerprint density at radius 1 is 1.43 bits per heavy atom. The molecule has 2 rings (SSSR count). The van der Waals surface area contributed by atoms with Crippen LogP contribution in [0.1, 0.15) is 5.69 Å². The van der Waals surface area contributed by atoms with Crippen LogP contribution in [-0.4, -0.2) is 4.98 Å². The number of halogens is 2. The number of para-hydroxylation sites is 1. The minimum absolute atomic E-state index is 0.647. The zero-order valence-corrected chi connectivity index (χ0v) is 10.4. The summed E-state index contributed by atoms with van der Waals surface area (Å²) in [6, 6.07) is 5.64. The van der Waals surface area contributed by atoms with Crippen LogP contribution in [0.5, 0.6) is 0 Å². The van der Waals surface area contributed by atoms with Gasteiger partial charge in [0.05, 0.1) is 25.5 Å². The Morgan fingerprint density at radius 3 is 2.86 bits per heavy atom. The van der Waals surface area contributed by atoms with Crippen LogP contribution in [0.25, 0.3) is 10.9 Å². The highest BCUT2D eigenvalue weighted by atomic mass is 127. The second kappa shape index (κ2) is 3.55. The Kier molecular flexibility index (Phi) is 2.53. The molecule has 0 saturated carbocycles. The van der Waals surface area contributed by atoms with Crippen LogP contribution < -0.4 is 5.73 Å². The second-order valence-corrected chi connectivity index (χ2v) is 4.55. The highest BCUT2D eigenvalue weighted by Gasteiger charge is 2.09. The van der Waals surface area contributed by atoms with Crippen LogP contribution >= 0.6 is 34.2 Å². The summed E-state index contributed by atoms with van der Waals surface area (Å²) in [6.07, 6.45) is 0. The number of anilines is 1. The summed E-state index contributed by atoms with van der Waals surface area (Å²) in [7, 11) is 0. The molecule has 1 aromatic carbocycles. The Morgan fingerprint density at radius 2 is 2.14 bits per heavy atom. The van der Waals surface area contributed by atoms with Crippen LogP contribution in [0, 0.1) is 10.5 Å². The van der Waals surface area contributed by atoms with E-state index in [2.05, 4.69) is 27.6 Å². The molecule has 0 saturated heterocycles. The van der Waals surface area contributed by atoms with E-state index in [0.717, 1.165) is 25.9 Å². The molecule has 0 amide bonds. The van der Waals surface area contributed by atoms with E-state index >= 15 is 0 Å². The summed E-state index contributed by atoms with van der Waals surface area (Å²) in [4.78, 5) is 4.42. The summed E-state index contributed by atoms with van der Waals surface area (Å²) >= 11 is 8.23. The van der Waals surface area contributed by atoms with Crippen LogP contribution in [0.15, 0.2) is 18.2 Å². The van der Waals surface area contributed by atoms with Crippen molar-refractivity contribution in [3.05, 3.63) is 32.5 Å². The largest absolute Gasteiger partial charge is 0.397 e. The van der Waals surface area contributed by atoms with Gasteiger partial charge in [0.2, 0.25) is 0 Å². The minimum atomic E-state index is 0.647. The Bertz CT molecular complexity index is 511. The second-order valence-electron chi connectivity index (χ2n) is 3.06. The van der Waals surface area contributed by atoms with Gasteiger partial charge in [-0.2, -0.15) is 0 Å². The lowest BCUT2D eigenvalue weighted by Gasteiger charge is -2.07. The molecule has 1 heterocycles. The standard InChI is InChI=1S/C10H8ClIN2/c1-5-8(12)9(13)6-3-2-4-7(11)10(6)14-5/h2-4H,1H3,(H2,13,14). The first kappa shape index (κ1) is 9.98. The van der Waals surface area contributed by atoms with Crippen LogP contribution in [0.2, 0.25) is 5.02 Å².